The molecule has 188 valence electrons. The Bertz CT molecular complexity index is 1790. The van der Waals surface area contributed by atoms with Gasteiger partial charge in [0.25, 0.3) is 0 Å². The van der Waals surface area contributed by atoms with Crippen LogP contribution < -0.4 is 0 Å². The molecule has 2 heteroatoms. The molecule has 2 unspecified atom stereocenters. The van der Waals surface area contributed by atoms with Gasteiger partial charge in [0.1, 0.15) is 0 Å². The third-order valence-electron chi connectivity index (χ3n) is 8.07. The zero-order valence-electron chi connectivity index (χ0n) is 22.1. The van der Waals surface area contributed by atoms with E-state index in [0.29, 0.717) is 8.19 Å². The van der Waals surface area contributed by atoms with Crippen LogP contribution >= 0.6 is 20.0 Å². The first kappa shape index (κ1) is 24.3. The predicted molar refractivity (Wildman–Crippen MR) is 169 cm³/mol. The molecular formula is C37H29PS. The Hall–Kier alpha value is -3.77. The summed E-state index contributed by atoms with van der Waals surface area (Å²) in [6, 6.07) is 49.4. The minimum atomic E-state index is -0.402. The van der Waals surface area contributed by atoms with Gasteiger partial charge in [0.15, 0.2) is 0 Å². The van der Waals surface area contributed by atoms with Crippen molar-refractivity contribution in [3.63, 3.8) is 0 Å². The van der Waals surface area contributed by atoms with E-state index in [2.05, 4.69) is 147 Å². The zero-order valence-corrected chi connectivity index (χ0v) is 23.9. The van der Waals surface area contributed by atoms with Gasteiger partial charge in [0.2, 0.25) is 0 Å². The summed E-state index contributed by atoms with van der Waals surface area (Å²) in [5.41, 5.74) is 11.6. The molecule has 0 fully saturated rings. The number of rotatable bonds is 4. The number of fused-ring (bicyclic) bond motifs is 2. The van der Waals surface area contributed by atoms with Gasteiger partial charge in [-0.2, -0.15) is 0 Å². The minimum Gasteiger partial charge on any atom is -0.117 e. The maximum absolute atomic E-state index is 2.52. The SMILES string of the molecule is Cc1ccccc1C1(c2cc(-c3ccccc3)ccc2C)c2ccccc2Sc2[pH]c(-c3ccccc3)cc21. The standard InChI is InChI=1S/C37H29PS/c1-25-13-9-10-18-30(25)37(32-23-29(22-21-26(32)2)27-14-5-3-6-15-27)31-19-11-12-20-35(31)39-36-33(37)24-34(38-36)28-16-7-4-8-17-28/h3-24,38H,1-2H3. The Kier molecular flexibility index (Phi) is 6.08. The summed E-state index contributed by atoms with van der Waals surface area (Å²) < 4.78 is 1.49. The zero-order chi connectivity index (χ0) is 26.4. The molecular weight excluding hydrogens is 507 g/mol. The average Bonchev–Trinajstić information content (AvgIpc) is 3.42. The van der Waals surface area contributed by atoms with Crippen molar-refractivity contribution in [3.8, 4) is 22.0 Å². The molecule has 0 amide bonds. The van der Waals surface area contributed by atoms with E-state index >= 15 is 0 Å². The third-order valence-corrected chi connectivity index (χ3v) is 10.9. The van der Waals surface area contributed by atoms with Crippen LogP contribution in [0.4, 0.5) is 0 Å². The topological polar surface area (TPSA) is 0 Å². The third kappa shape index (κ3) is 3.92. The first-order chi connectivity index (χ1) is 19.2. The van der Waals surface area contributed by atoms with Crippen LogP contribution in [0.5, 0.6) is 0 Å². The number of hydrogen-bond donors (Lipinski definition) is 0. The van der Waals surface area contributed by atoms with E-state index in [1.54, 1.807) is 0 Å². The van der Waals surface area contributed by atoms with Crippen molar-refractivity contribution >= 4 is 20.0 Å². The van der Waals surface area contributed by atoms with Gasteiger partial charge in [-0.1, -0.05) is 127 Å². The van der Waals surface area contributed by atoms with Crippen LogP contribution in [0.25, 0.3) is 22.0 Å². The van der Waals surface area contributed by atoms with E-state index in [9.17, 15) is 0 Å². The van der Waals surface area contributed by atoms with Gasteiger partial charge in [-0.25, -0.2) is 0 Å². The van der Waals surface area contributed by atoms with Crippen molar-refractivity contribution < 1.29 is 0 Å². The minimum absolute atomic E-state index is 0.402. The number of hydrogen-bond acceptors (Lipinski definition) is 1. The molecule has 2 heterocycles. The smallest absolute Gasteiger partial charge is 0.0732 e. The van der Waals surface area contributed by atoms with Crippen molar-refractivity contribution in [3.05, 3.63) is 167 Å². The van der Waals surface area contributed by atoms with Crippen LogP contribution in [0.1, 0.15) is 33.4 Å². The van der Waals surface area contributed by atoms with Gasteiger partial charge < -0.3 is 0 Å². The Morgan fingerprint density at radius 3 is 1.85 bits per heavy atom. The fraction of sp³-hybridized carbons (Fsp3) is 0.0811. The van der Waals surface area contributed by atoms with Crippen molar-refractivity contribution in [2.45, 2.75) is 28.8 Å². The average molecular weight is 537 g/mol. The monoisotopic (exact) mass is 536 g/mol. The van der Waals surface area contributed by atoms with Gasteiger partial charge >= 0.3 is 0 Å². The second-order valence-electron chi connectivity index (χ2n) is 10.4. The second kappa shape index (κ2) is 9.76. The Morgan fingerprint density at radius 1 is 0.487 bits per heavy atom. The second-order valence-corrected chi connectivity index (χ2v) is 13.1. The van der Waals surface area contributed by atoms with Gasteiger partial charge in [0, 0.05) is 9.52 Å². The quantitative estimate of drug-likeness (QED) is 0.216. The maximum atomic E-state index is 2.52. The van der Waals surface area contributed by atoms with Crippen molar-refractivity contribution in [2.75, 3.05) is 0 Å². The number of aryl methyl sites for hydroxylation is 2. The van der Waals surface area contributed by atoms with Crippen molar-refractivity contribution in [1.82, 2.24) is 0 Å². The van der Waals surface area contributed by atoms with E-state index in [-0.39, 0.29) is 0 Å². The van der Waals surface area contributed by atoms with E-state index in [0.717, 1.165) is 0 Å². The predicted octanol–water partition coefficient (Wildman–Crippen LogP) is 10.5. The molecule has 0 N–H and O–H groups in total. The van der Waals surface area contributed by atoms with Crippen LogP contribution in [0.3, 0.4) is 0 Å². The molecule has 1 aliphatic rings. The van der Waals surface area contributed by atoms with Crippen LogP contribution in [0, 0.1) is 13.8 Å². The normalized spacial score (nSPS) is 16.2. The highest BCUT2D eigenvalue weighted by Gasteiger charge is 2.46. The van der Waals surface area contributed by atoms with E-state index in [1.165, 1.54) is 64.9 Å². The summed E-state index contributed by atoms with van der Waals surface area (Å²) in [7, 11) is 0.643. The lowest BCUT2D eigenvalue weighted by atomic mass is 9.63. The summed E-state index contributed by atoms with van der Waals surface area (Å²) in [4.78, 5) is 1.36. The largest absolute Gasteiger partial charge is 0.117 e. The van der Waals surface area contributed by atoms with Crippen LogP contribution in [-0.4, -0.2) is 0 Å². The molecule has 1 aliphatic heterocycles. The van der Waals surface area contributed by atoms with Gasteiger partial charge in [0.05, 0.1) is 5.41 Å². The Labute approximate surface area is 236 Å². The first-order valence-electron chi connectivity index (χ1n) is 13.4. The van der Waals surface area contributed by atoms with E-state index in [4.69, 9.17) is 0 Å². The fourth-order valence-electron chi connectivity index (χ4n) is 6.24. The van der Waals surface area contributed by atoms with Crippen LogP contribution in [0.15, 0.2) is 143 Å². The molecule has 6 aromatic rings. The fourth-order valence-corrected chi connectivity index (χ4v) is 9.29. The van der Waals surface area contributed by atoms with Gasteiger partial charge in [-0.05, 0) is 87.4 Å². The highest BCUT2D eigenvalue weighted by molar-refractivity contribution is 8.02. The van der Waals surface area contributed by atoms with Crippen LogP contribution in [0.2, 0.25) is 0 Å². The molecule has 0 bridgehead atoms. The summed E-state index contributed by atoms with van der Waals surface area (Å²) >= 11 is 1.97. The molecule has 0 aliphatic carbocycles. The summed E-state index contributed by atoms with van der Waals surface area (Å²) in [6.45, 7) is 4.56. The molecule has 5 aromatic carbocycles. The number of benzene rings is 5. The van der Waals surface area contributed by atoms with Crippen molar-refractivity contribution in [1.29, 1.82) is 0 Å². The lowest BCUT2D eigenvalue weighted by molar-refractivity contribution is 0.700. The molecule has 0 saturated carbocycles. The molecule has 0 saturated heterocycles. The van der Waals surface area contributed by atoms with Crippen molar-refractivity contribution in [2.24, 2.45) is 0 Å². The molecule has 7 rings (SSSR count). The highest BCUT2D eigenvalue weighted by Crippen LogP contribution is 2.61. The molecule has 2 atom stereocenters. The summed E-state index contributed by atoms with van der Waals surface area (Å²) in [6.07, 6.45) is 0. The molecule has 1 aromatic heterocycles. The highest BCUT2D eigenvalue weighted by atomic mass is 32.2. The maximum Gasteiger partial charge on any atom is 0.0732 e. The first-order valence-corrected chi connectivity index (χ1v) is 15.3. The van der Waals surface area contributed by atoms with Crippen LogP contribution in [-0.2, 0) is 5.41 Å². The lowest BCUT2D eigenvalue weighted by Gasteiger charge is -2.42. The Morgan fingerprint density at radius 2 is 1.10 bits per heavy atom. The molecule has 0 radical (unpaired) electrons. The summed E-state index contributed by atoms with van der Waals surface area (Å²) in [5.74, 6) is 0. The van der Waals surface area contributed by atoms with E-state index < -0.39 is 5.41 Å². The Balaban J connectivity index is 1.62. The van der Waals surface area contributed by atoms with Gasteiger partial charge in [-0.3, -0.25) is 0 Å². The van der Waals surface area contributed by atoms with Gasteiger partial charge in [-0.15, -0.1) is 8.19 Å². The molecule has 39 heavy (non-hydrogen) atoms. The molecule has 0 spiro atoms. The summed E-state index contributed by atoms with van der Waals surface area (Å²) in [5, 5.41) is 1.43. The van der Waals surface area contributed by atoms with E-state index in [1.807, 2.05) is 11.8 Å². The lowest BCUT2D eigenvalue weighted by Crippen LogP contribution is -2.35. The molecule has 0 nitrogen and oxygen atoms in total.